The lowest BCUT2D eigenvalue weighted by Gasteiger charge is -2.08. The van der Waals surface area contributed by atoms with Crippen molar-refractivity contribution in [3.63, 3.8) is 0 Å². The normalized spacial score (nSPS) is 10.1. The molecule has 0 aromatic heterocycles. The third-order valence-electron chi connectivity index (χ3n) is 2.62. The zero-order valence-corrected chi connectivity index (χ0v) is 10.5. The SMILES string of the molecule is CCC(=O)CCCCOc1ccccc1C(=O)O. The number of carbonyl (C=O) groups excluding carboxylic acids is 1. The van der Waals surface area contributed by atoms with Gasteiger partial charge in [0.05, 0.1) is 6.61 Å². The maximum absolute atomic E-state index is 11.1. The predicted octanol–water partition coefficient (Wildman–Crippen LogP) is 2.91. The molecule has 1 aromatic rings. The molecule has 0 saturated carbocycles. The van der Waals surface area contributed by atoms with Gasteiger partial charge in [-0.25, -0.2) is 4.79 Å². The van der Waals surface area contributed by atoms with Crippen molar-refractivity contribution in [2.75, 3.05) is 6.61 Å². The molecule has 0 fully saturated rings. The van der Waals surface area contributed by atoms with E-state index in [2.05, 4.69) is 0 Å². The first-order chi connectivity index (χ1) is 8.65. The number of Topliss-reactive ketones (excluding diaryl/α,β-unsaturated/α-hetero) is 1. The quantitative estimate of drug-likeness (QED) is 0.720. The van der Waals surface area contributed by atoms with Crippen LogP contribution in [0.2, 0.25) is 0 Å². The largest absolute Gasteiger partial charge is 0.493 e. The number of hydrogen-bond acceptors (Lipinski definition) is 3. The molecule has 98 valence electrons. The molecule has 0 radical (unpaired) electrons. The molecule has 0 atom stereocenters. The maximum atomic E-state index is 11.1. The first kappa shape index (κ1) is 14.2. The number of hydrogen-bond donors (Lipinski definition) is 1. The van der Waals surface area contributed by atoms with Gasteiger partial charge in [0, 0.05) is 12.8 Å². The second-order valence-electron chi connectivity index (χ2n) is 4.00. The van der Waals surface area contributed by atoms with Crippen molar-refractivity contribution < 1.29 is 19.4 Å². The second kappa shape index (κ2) is 7.48. The standard InChI is InChI=1S/C14H18O4/c1-2-11(15)7-5-6-10-18-13-9-4-3-8-12(13)14(16)17/h3-4,8-9H,2,5-7,10H2,1H3,(H,16,17). The van der Waals surface area contributed by atoms with Gasteiger partial charge in [-0.2, -0.15) is 0 Å². The average molecular weight is 250 g/mol. The van der Waals surface area contributed by atoms with Crippen LogP contribution in [0.25, 0.3) is 0 Å². The lowest BCUT2D eigenvalue weighted by molar-refractivity contribution is -0.118. The molecule has 1 N–H and O–H groups in total. The minimum absolute atomic E-state index is 0.169. The van der Waals surface area contributed by atoms with Crippen LogP contribution in [0, 0.1) is 0 Å². The average Bonchev–Trinajstić information content (AvgIpc) is 2.38. The van der Waals surface area contributed by atoms with Crippen molar-refractivity contribution in [2.45, 2.75) is 32.6 Å². The zero-order chi connectivity index (χ0) is 13.4. The smallest absolute Gasteiger partial charge is 0.339 e. The van der Waals surface area contributed by atoms with Crippen LogP contribution in [0.4, 0.5) is 0 Å². The van der Waals surface area contributed by atoms with Crippen LogP contribution in [0.15, 0.2) is 24.3 Å². The van der Waals surface area contributed by atoms with E-state index in [1.807, 2.05) is 6.92 Å². The number of rotatable bonds is 8. The number of ketones is 1. The summed E-state index contributed by atoms with van der Waals surface area (Å²) < 4.78 is 5.42. The molecule has 4 nitrogen and oxygen atoms in total. The number of carbonyl (C=O) groups is 2. The van der Waals surface area contributed by atoms with Crippen molar-refractivity contribution >= 4 is 11.8 Å². The summed E-state index contributed by atoms with van der Waals surface area (Å²) in [6.07, 6.45) is 2.67. The Morgan fingerprint density at radius 2 is 1.94 bits per heavy atom. The number of aromatic carboxylic acids is 1. The van der Waals surface area contributed by atoms with Gasteiger partial charge in [0.15, 0.2) is 0 Å². The second-order valence-corrected chi connectivity index (χ2v) is 4.00. The number of unbranched alkanes of at least 4 members (excludes halogenated alkanes) is 1. The predicted molar refractivity (Wildman–Crippen MR) is 68.0 cm³/mol. The number of ether oxygens (including phenoxy) is 1. The lowest BCUT2D eigenvalue weighted by atomic mass is 10.1. The molecule has 1 aromatic carbocycles. The molecule has 0 unspecified atom stereocenters. The summed E-state index contributed by atoms with van der Waals surface area (Å²) in [6.45, 7) is 2.28. The molecule has 0 aliphatic carbocycles. The minimum Gasteiger partial charge on any atom is -0.493 e. The topological polar surface area (TPSA) is 63.6 Å². The molecule has 0 spiro atoms. The van der Waals surface area contributed by atoms with Gasteiger partial charge in [-0.1, -0.05) is 19.1 Å². The Labute approximate surface area is 107 Å². The van der Waals surface area contributed by atoms with Gasteiger partial charge in [-0.05, 0) is 25.0 Å². The fourth-order valence-electron chi connectivity index (χ4n) is 1.55. The summed E-state index contributed by atoms with van der Waals surface area (Å²) in [5.41, 5.74) is 0.169. The molecular weight excluding hydrogens is 232 g/mol. The van der Waals surface area contributed by atoms with Crippen LogP contribution in [0.1, 0.15) is 43.0 Å². The fraction of sp³-hybridized carbons (Fsp3) is 0.429. The van der Waals surface area contributed by atoms with Crippen molar-refractivity contribution in [3.05, 3.63) is 29.8 Å². The van der Waals surface area contributed by atoms with Crippen LogP contribution >= 0.6 is 0 Å². The van der Waals surface area contributed by atoms with Crippen LogP contribution in [-0.2, 0) is 4.79 Å². The third kappa shape index (κ3) is 4.57. The van der Waals surface area contributed by atoms with Gasteiger partial charge in [-0.3, -0.25) is 4.79 Å². The number of carboxylic acids is 1. The highest BCUT2D eigenvalue weighted by molar-refractivity contribution is 5.90. The first-order valence-corrected chi connectivity index (χ1v) is 6.12. The Hall–Kier alpha value is -1.84. The van der Waals surface area contributed by atoms with Gasteiger partial charge in [0.2, 0.25) is 0 Å². The Balaban J connectivity index is 2.35. The molecule has 18 heavy (non-hydrogen) atoms. The molecule has 0 aliphatic rings. The minimum atomic E-state index is -0.994. The van der Waals surface area contributed by atoms with Crippen molar-refractivity contribution in [3.8, 4) is 5.75 Å². The van der Waals surface area contributed by atoms with E-state index in [-0.39, 0.29) is 11.3 Å². The zero-order valence-electron chi connectivity index (χ0n) is 10.5. The Morgan fingerprint density at radius 3 is 2.61 bits per heavy atom. The molecule has 0 saturated heterocycles. The van der Waals surface area contributed by atoms with Crippen molar-refractivity contribution in [2.24, 2.45) is 0 Å². The molecule has 0 aliphatic heterocycles. The number of carboxylic acid groups (broad SMARTS) is 1. The first-order valence-electron chi connectivity index (χ1n) is 6.12. The highest BCUT2D eigenvalue weighted by atomic mass is 16.5. The number of para-hydroxylation sites is 1. The number of benzene rings is 1. The molecule has 4 heteroatoms. The molecule has 0 bridgehead atoms. The van der Waals surface area contributed by atoms with Crippen molar-refractivity contribution in [1.29, 1.82) is 0 Å². The molecule has 1 rings (SSSR count). The summed E-state index contributed by atoms with van der Waals surface area (Å²) in [7, 11) is 0. The van der Waals surface area contributed by atoms with Crippen LogP contribution in [-0.4, -0.2) is 23.5 Å². The Kier molecular flexibility index (Phi) is 5.91. The maximum Gasteiger partial charge on any atom is 0.339 e. The van der Waals surface area contributed by atoms with E-state index in [0.717, 1.165) is 12.8 Å². The summed E-state index contributed by atoms with van der Waals surface area (Å²) in [5, 5.41) is 8.95. The summed E-state index contributed by atoms with van der Waals surface area (Å²) in [4.78, 5) is 22.0. The van der Waals surface area contributed by atoms with E-state index in [4.69, 9.17) is 9.84 Å². The molecular formula is C14H18O4. The Bertz CT molecular complexity index is 412. The van der Waals surface area contributed by atoms with Gasteiger partial charge in [-0.15, -0.1) is 0 Å². The van der Waals surface area contributed by atoms with Crippen LogP contribution in [0.3, 0.4) is 0 Å². The Morgan fingerprint density at radius 1 is 1.22 bits per heavy atom. The van der Waals surface area contributed by atoms with Gasteiger partial charge in [0.1, 0.15) is 17.1 Å². The van der Waals surface area contributed by atoms with E-state index >= 15 is 0 Å². The highest BCUT2D eigenvalue weighted by Crippen LogP contribution is 2.18. The summed E-state index contributed by atoms with van der Waals surface area (Å²) >= 11 is 0. The van der Waals surface area contributed by atoms with E-state index in [1.165, 1.54) is 6.07 Å². The van der Waals surface area contributed by atoms with E-state index in [1.54, 1.807) is 18.2 Å². The fourth-order valence-corrected chi connectivity index (χ4v) is 1.55. The van der Waals surface area contributed by atoms with Gasteiger partial charge >= 0.3 is 5.97 Å². The molecule has 0 amide bonds. The van der Waals surface area contributed by atoms with Crippen molar-refractivity contribution in [1.82, 2.24) is 0 Å². The van der Waals surface area contributed by atoms with Gasteiger partial charge in [0.25, 0.3) is 0 Å². The summed E-state index contributed by atoms with van der Waals surface area (Å²) in [5.74, 6) is -0.362. The highest BCUT2D eigenvalue weighted by Gasteiger charge is 2.09. The van der Waals surface area contributed by atoms with Gasteiger partial charge < -0.3 is 9.84 Å². The van der Waals surface area contributed by atoms with E-state index in [0.29, 0.717) is 25.2 Å². The van der Waals surface area contributed by atoms with E-state index in [9.17, 15) is 9.59 Å². The van der Waals surface area contributed by atoms with Crippen LogP contribution < -0.4 is 4.74 Å². The van der Waals surface area contributed by atoms with E-state index < -0.39 is 5.97 Å². The summed E-state index contributed by atoms with van der Waals surface area (Å²) in [6, 6.07) is 6.55. The monoisotopic (exact) mass is 250 g/mol. The van der Waals surface area contributed by atoms with Crippen LogP contribution in [0.5, 0.6) is 5.75 Å². The third-order valence-corrected chi connectivity index (χ3v) is 2.62. The lowest BCUT2D eigenvalue weighted by Crippen LogP contribution is -2.05. The molecule has 0 heterocycles.